The molecule has 8 nitrogen and oxygen atoms in total. The van der Waals surface area contributed by atoms with E-state index in [1.165, 1.54) is 26.2 Å². The molecule has 1 amide bonds. The van der Waals surface area contributed by atoms with Crippen LogP contribution in [0.3, 0.4) is 0 Å². The van der Waals surface area contributed by atoms with Crippen molar-refractivity contribution >= 4 is 11.9 Å². The molecule has 1 aliphatic heterocycles. The summed E-state index contributed by atoms with van der Waals surface area (Å²) in [5, 5.41) is 2.74. The van der Waals surface area contributed by atoms with Crippen molar-refractivity contribution in [3.63, 3.8) is 0 Å². The maximum Gasteiger partial charge on any atom is 0.339 e. The van der Waals surface area contributed by atoms with Crippen LogP contribution in [0.25, 0.3) is 0 Å². The number of hydrogen-bond donors (Lipinski definition) is 1. The third-order valence-electron chi connectivity index (χ3n) is 4.34. The molecule has 3 rings (SSSR count). The predicted octanol–water partition coefficient (Wildman–Crippen LogP) is 2.34. The van der Waals surface area contributed by atoms with Gasteiger partial charge in [-0.15, -0.1) is 0 Å². The zero-order valence-electron chi connectivity index (χ0n) is 16.5. The molecular formula is C21H23NO7. The summed E-state index contributed by atoms with van der Waals surface area (Å²) in [6, 6.07) is 10.3. The summed E-state index contributed by atoms with van der Waals surface area (Å²) in [6.07, 6.45) is -0.972. The minimum Gasteiger partial charge on any atom is -0.497 e. The van der Waals surface area contributed by atoms with Crippen LogP contribution in [-0.4, -0.2) is 45.4 Å². The van der Waals surface area contributed by atoms with Crippen molar-refractivity contribution in [3.8, 4) is 23.0 Å². The largest absolute Gasteiger partial charge is 0.497 e. The third kappa shape index (κ3) is 4.90. The van der Waals surface area contributed by atoms with Gasteiger partial charge < -0.3 is 29.0 Å². The normalized spacial score (nSPS) is 13.2. The van der Waals surface area contributed by atoms with E-state index in [9.17, 15) is 9.59 Å². The summed E-state index contributed by atoms with van der Waals surface area (Å²) < 4.78 is 26.7. The Kier molecular flexibility index (Phi) is 6.43. The van der Waals surface area contributed by atoms with Crippen molar-refractivity contribution in [3.05, 3.63) is 47.5 Å². The number of esters is 1. The number of benzene rings is 2. The molecule has 0 fully saturated rings. The zero-order chi connectivity index (χ0) is 20.8. The average molecular weight is 401 g/mol. The SMILES string of the molecule is COc1ccc(CNC(=O)[C@@H](C)OC(=O)c2cc(OC)c3c(c2)OCCO3)cc1. The number of carbonyl (C=O) groups is 2. The molecule has 2 aromatic carbocycles. The molecule has 0 aromatic heterocycles. The molecule has 0 unspecified atom stereocenters. The lowest BCUT2D eigenvalue weighted by Crippen LogP contribution is -2.35. The van der Waals surface area contributed by atoms with Crippen molar-refractivity contribution in [2.75, 3.05) is 27.4 Å². The van der Waals surface area contributed by atoms with Gasteiger partial charge in [0.25, 0.3) is 5.91 Å². The number of nitrogens with one attached hydrogen (secondary N) is 1. The van der Waals surface area contributed by atoms with Crippen LogP contribution in [-0.2, 0) is 16.1 Å². The summed E-state index contributed by atoms with van der Waals surface area (Å²) in [5.41, 5.74) is 1.11. The highest BCUT2D eigenvalue weighted by molar-refractivity contribution is 5.93. The Bertz CT molecular complexity index is 862. The van der Waals surface area contributed by atoms with E-state index in [-0.39, 0.29) is 5.56 Å². The smallest absolute Gasteiger partial charge is 0.339 e. The lowest BCUT2D eigenvalue weighted by atomic mass is 10.1. The van der Waals surface area contributed by atoms with Crippen LogP contribution in [0, 0.1) is 0 Å². The van der Waals surface area contributed by atoms with Crippen LogP contribution in [0.15, 0.2) is 36.4 Å². The van der Waals surface area contributed by atoms with Gasteiger partial charge in [-0.05, 0) is 36.8 Å². The Labute approximate surface area is 168 Å². The number of rotatable bonds is 7. The number of methoxy groups -OCH3 is 2. The van der Waals surface area contributed by atoms with Crippen LogP contribution < -0.4 is 24.3 Å². The fraction of sp³-hybridized carbons (Fsp3) is 0.333. The van der Waals surface area contributed by atoms with Crippen molar-refractivity contribution in [2.24, 2.45) is 0 Å². The lowest BCUT2D eigenvalue weighted by Gasteiger charge is -2.21. The van der Waals surface area contributed by atoms with Crippen LogP contribution in [0.5, 0.6) is 23.0 Å². The van der Waals surface area contributed by atoms with Gasteiger partial charge in [-0.2, -0.15) is 0 Å². The Morgan fingerprint density at radius 1 is 1.07 bits per heavy atom. The molecule has 8 heteroatoms. The van der Waals surface area contributed by atoms with Gasteiger partial charge in [-0.3, -0.25) is 4.79 Å². The second-order valence-corrected chi connectivity index (χ2v) is 6.32. The molecule has 0 saturated heterocycles. The first kappa shape index (κ1) is 20.3. The average Bonchev–Trinajstić information content (AvgIpc) is 2.76. The van der Waals surface area contributed by atoms with E-state index in [4.69, 9.17) is 23.7 Å². The van der Waals surface area contributed by atoms with E-state index in [0.29, 0.717) is 37.0 Å². The van der Waals surface area contributed by atoms with Crippen molar-refractivity contribution < 1.29 is 33.3 Å². The highest BCUT2D eigenvalue weighted by Gasteiger charge is 2.24. The van der Waals surface area contributed by atoms with Gasteiger partial charge in [0, 0.05) is 6.54 Å². The summed E-state index contributed by atoms with van der Waals surface area (Å²) in [5.74, 6) is 0.883. The molecule has 0 bridgehead atoms. The number of fused-ring (bicyclic) bond motifs is 1. The van der Waals surface area contributed by atoms with Crippen LogP contribution in [0.4, 0.5) is 0 Å². The highest BCUT2D eigenvalue weighted by atomic mass is 16.6. The van der Waals surface area contributed by atoms with Gasteiger partial charge in [0.05, 0.1) is 19.8 Å². The number of carbonyl (C=O) groups excluding carboxylic acids is 2. The van der Waals surface area contributed by atoms with Gasteiger partial charge in [0.1, 0.15) is 19.0 Å². The molecule has 1 aliphatic rings. The Morgan fingerprint density at radius 2 is 1.79 bits per heavy atom. The van der Waals surface area contributed by atoms with Gasteiger partial charge in [0.15, 0.2) is 17.6 Å². The van der Waals surface area contributed by atoms with E-state index < -0.39 is 18.0 Å². The second-order valence-electron chi connectivity index (χ2n) is 6.32. The first-order valence-corrected chi connectivity index (χ1v) is 9.11. The Balaban J connectivity index is 1.60. The third-order valence-corrected chi connectivity index (χ3v) is 4.34. The molecule has 0 spiro atoms. The minimum absolute atomic E-state index is 0.209. The van der Waals surface area contributed by atoms with Crippen LogP contribution >= 0.6 is 0 Å². The summed E-state index contributed by atoms with van der Waals surface area (Å²) in [4.78, 5) is 24.8. The molecule has 0 radical (unpaired) electrons. The molecule has 1 heterocycles. The molecule has 154 valence electrons. The van der Waals surface area contributed by atoms with Crippen molar-refractivity contribution in [2.45, 2.75) is 19.6 Å². The lowest BCUT2D eigenvalue weighted by molar-refractivity contribution is -0.129. The van der Waals surface area contributed by atoms with Gasteiger partial charge >= 0.3 is 5.97 Å². The van der Waals surface area contributed by atoms with Crippen molar-refractivity contribution in [1.82, 2.24) is 5.32 Å². The van der Waals surface area contributed by atoms with E-state index >= 15 is 0 Å². The molecule has 2 aromatic rings. The molecule has 1 atom stereocenters. The maximum atomic E-state index is 12.5. The number of amides is 1. The fourth-order valence-corrected chi connectivity index (χ4v) is 2.75. The van der Waals surface area contributed by atoms with Crippen molar-refractivity contribution in [1.29, 1.82) is 0 Å². The highest BCUT2D eigenvalue weighted by Crippen LogP contribution is 2.40. The molecule has 0 saturated carbocycles. The standard InChI is InChI=1S/C21H23NO7/c1-13(20(23)22-12-14-4-6-16(25-2)7-5-14)29-21(24)15-10-17(26-3)19-18(11-15)27-8-9-28-19/h4-7,10-11,13H,8-9,12H2,1-3H3,(H,22,23)/t13-/m1/s1. The van der Waals surface area contributed by atoms with Gasteiger partial charge in [-0.1, -0.05) is 12.1 Å². The second kappa shape index (κ2) is 9.18. The zero-order valence-corrected chi connectivity index (χ0v) is 16.5. The first-order chi connectivity index (χ1) is 14.0. The predicted molar refractivity (Wildman–Crippen MR) is 104 cm³/mol. The maximum absolute atomic E-state index is 12.5. The summed E-state index contributed by atoms with van der Waals surface area (Å²) >= 11 is 0. The van der Waals surface area contributed by atoms with Gasteiger partial charge in [0.2, 0.25) is 5.75 Å². The Hall–Kier alpha value is -3.42. The molecule has 1 N–H and O–H groups in total. The summed E-state index contributed by atoms with van der Waals surface area (Å²) in [7, 11) is 3.06. The van der Waals surface area contributed by atoms with E-state index in [0.717, 1.165) is 11.3 Å². The minimum atomic E-state index is -0.972. The first-order valence-electron chi connectivity index (χ1n) is 9.11. The van der Waals surface area contributed by atoms with Crippen LogP contribution in [0.1, 0.15) is 22.8 Å². The quantitative estimate of drug-likeness (QED) is 0.712. The topological polar surface area (TPSA) is 92.3 Å². The fourth-order valence-electron chi connectivity index (χ4n) is 2.75. The molecule has 0 aliphatic carbocycles. The summed E-state index contributed by atoms with van der Waals surface area (Å²) in [6.45, 7) is 2.59. The monoisotopic (exact) mass is 401 g/mol. The van der Waals surface area contributed by atoms with Crippen LogP contribution in [0.2, 0.25) is 0 Å². The molecule has 29 heavy (non-hydrogen) atoms. The number of ether oxygens (including phenoxy) is 5. The van der Waals surface area contributed by atoms with E-state index in [2.05, 4.69) is 5.32 Å². The molecular weight excluding hydrogens is 378 g/mol. The van der Waals surface area contributed by atoms with Gasteiger partial charge in [-0.25, -0.2) is 4.79 Å². The number of hydrogen-bond acceptors (Lipinski definition) is 7. The van der Waals surface area contributed by atoms with E-state index in [1.807, 2.05) is 12.1 Å². The Morgan fingerprint density at radius 3 is 2.48 bits per heavy atom. The van der Waals surface area contributed by atoms with E-state index in [1.54, 1.807) is 19.2 Å².